The van der Waals surface area contributed by atoms with Crippen LogP contribution in [-0.4, -0.2) is 87.4 Å². The molecule has 5 fully saturated rings. The van der Waals surface area contributed by atoms with E-state index in [1.54, 1.807) is 6.20 Å². The molecule has 4 unspecified atom stereocenters. The second-order valence-corrected chi connectivity index (χ2v) is 13.8. The third-order valence-electron chi connectivity index (χ3n) is 10.6. The number of aromatic hydroxyl groups is 1. The van der Waals surface area contributed by atoms with Crippen LogP contribution in [0.4, 0.5) is 14.5 Å². The van der Waals surface area contributed by atoms with Crippen LogP contribution in [0.2, 0.25) is 5.02 Å². The average Bonchev–Trinajstić information content (AvgIpc) is 3.63. The molecule has 0 spiro atoms. The zero-order valence-corrected chi connectivity index (χ0v) is 25.8. The van der Waals surface area contributed by atoms with Crippen LogP contribution in [0.1, 0.15) is 56.4 Å². The van der Waals surface area contributed by atoms with E-state index in [2.05, 4.69) is 21.4 Å². The zero-order valence-electron chi connectivity index (χ0n) is 25.0. The Labute approximate surface area is 265 Å². The molecule has 1 N–H and O–H groups in total. The fourth-order valence-corrected chi connectivity index (χ4v) is 8.81. The van der Waals surface area contributed by atoms with Crippen LogP contribution >= 0.6 is 11.6 Å². The van der Waals surface area contributed by atoms with Gasteiger partial charge in [-0.3, -0.25) is 14.7 Å². The molecule has 3 aromatic rings. The number of hydrogen-bond acceptors (Lipinski definition) is 7. The highest BCUT2D eigenvalue weighted by Crippen LogP contribution is 2.49. The first-order chi connectivity index (χ1) is 21.7. The summed E-state index contributed by atoms with van der Waals surface area (Å²) in [6.07, 6.45) is 8.02. The van der Waals surface area contributed by atoms with Crippen LogP contribution in [0.5, 0.6) is 11.6 Å². The summed E-state index contributed by atoms with van der Waals surface area (Å²) in [4.78, 5) is 28.2. The van der Waals surface area contributed by atoms with Crippen molar-refractivity contribution in [3.63, 3.8) is 0 Å². The molecule has 2 bridgehead atoms. The van der Waals surface area contributed by atoms with Gasteiger partial charge in [-0.2, -0.15) is 0 Å². The molecule has 236 valence electrons. The van der Waals surface area contributed by atoms with Gasteiger partial charge in [0.2, 0.25) is 11.8 Å². The predicted molar refractivity (Wildman–Crippen MR) is 168 cm³/mol. The summed E-state index contributed by atoms with van der Waals surface area (Å²) >= 11 is 6.56. The molecule has 1 aliphatic carbocycles. The maximum absolute atomic E-state index is 16.7. The number of carbonyl (C=O) groups is 1. The number of aromatic nitrogens is 2. The summed E-state index contributed by atoms with van der Waals surface area (Å²) in [6.45, 7) is 6.37. The smallest absolute Gasteiger partial charge is 0.246 e. The van der Waals surface area contributed by atoms with Gasteiger partial charge in [0.05, 0.1) is 11.2 Å². The van der Waals surface area contributed by atoms with Gasteiger partial charge in [0.1, 0.15) is 29.7 Å². The maximum atomic E-state index is 16.7. The number of piperazine rings is 1. The SMILES string of the molecule is C=CC(=O)N1C2CCC1CN(c1cc(OCC34CCCN3CC(F)C4)nc3c(F)c(-c4cc(O)cc(Cl)c4C4CC4)ncc13)C2. The standard InChI is InChI=1S/C34H36ClF2N5O3/c1-2-29(44)42-21-6-7-22(42)17-40(16-21)27-12-28(45-18-34-8-3-9-41(34)15-20(36)13-34)39-33-25(27)14-38-32(31(33)37)24-10-23(43)11-26(35)30(24)19-4-5-19/h2,10-12,14,19-22,43H,1,3-9,13,15-18H2. The van der Waals surface area contributed by atoms with E-state index in [-0.39, 0.29) is 58.9 Å². The molecule has 2 aromatic heterocycles. The van der Waals surface area contributed by atoms with E-state index in [1.807, 2.05) is 11.0 Å². The van der Waals surface area contributed by atoms with Gasteiger partial charge < -0.3 is 19.6 Å². The number of anilines is 1. The van der Waals surface area contributed by atoms with Crippen LogP contribution in [0.15, 0.2) is 37.1 Å². The first kappa shape index (κ1) is 28.9. The minimum atomic E-state index is -0.889. The summed E-state index contributed by atoms with van der Waals surface area (Å²) in [5, 5.41) is 11.3. The fourth-order valence-electron chi connectivity index (χ4n) is 8.44. The van der Waals surface area contributed by atoms with Crippen LogP contribution in [-0.2, 0) is 4.79 Å². The third-order valence-corrected chi connectivity index (χ3v) is 10.9. The monoisotopic (exact) mass is 635 g/mol. The number of phenols is 1. The number of halogens is 3. The molecule has 8 nitrogen and oxygen atoms in total. The molecule has 6 heterocycles. The number of rotatable bonds is 7. The molecule has 8 rings (SSSR count). The van der Waals surface area contributed by atoms with Crippen molar-refractivity contribution in [2.24, 2.45) is 0 Å². The largest absolute Gasteiger partial charge is 0.508 e. The molecule has 1 aromatic carbocycles. The Morgan fingerprint density at radius 3 is 2.69 bits per heavy atom. The summed E-state index contributed by atoms with van der Waals surface area (Å²) in [6, 6.07) is 4.88. The molecular weight excluding hydrogens is 600 g/mol. The van der Waals surface area contributed by atoms with Crippen LogP contribution in [0.25, 0.3) is 22.2 Å². The van der Waals surface area contributed by atoms with Gasteiger partial charge in [-0.15, -0.1) is 0 Å². The van der Waals surface area contributed by atoms with Crippen molar-refractivity contribution in [1.82, 2.24) is 19.8 Å². The molecule has 1 saturated carbocycles. The third kappa shape index (κ3) is 4.83. The van der Waals surface area contributed by atoms with E-state index in [0.29, 0.717) is 42.0 Å². The Hall–Kier alpha value is -3.50. The van der Waals surface area contributed by atoms with Crippen molar-refractivity contribution >= 4 is 34.1 Å². The molecular formula is C34H36ClF2N5O3. The Balaban J connectivity index is 1.22. The number of ether oxygens (including phenoxy) is 1. The summed E-state index contributed by atoms with van der Waals surface area (Å²) < 4.78 is 37.6. The van der Waals surface area contributed by atoms with Gasteiger partial charge in [-0.25, -0.2) is 13.8 Å². The van der Waals surface area contributed by atoms with Crippen molar-refractivity contribution in [3.8, 4) is 22.9 Å². The second-order valence-electron chi connectivity index (χ2n) is 13.4. The number of amides is 1. The number of alkyl halides is 1. The highest BCUT2D eigenvalue weighted by Gasteiger charge is 2.49. The van der Waals surface area contributed by atoms with E-state index < -0.39 is 12.0 Å². The van der Waals surface area contributed by atoms with E-state index in [0.717, 1.165) is 56.3 Å². The molecule has 5 aliphatic rings. The van der Waals surface area contributed by atoms with Gasteiger partial charge >= 0.3 is 0 Å². The van der Waals surface area contributed by atoms with Gasteiger partial charge in [0, 0.05) is 66.4 Å². The molecule has 1 amide bonds. The minimum Gasteiger partial charge on any atom is -0.508 e. The molecule has 11 heteroatoms. The van der Waals surface area contributed by atoms with Crippen molar-refractivity contribution < 1.29 is 23.4 Å². The molecule has 0 radical (unpaired) electrons. The van der Waals surface area contributed by atoms with Gasteiger partial charge in [-0.05, 0) is 74.8 Å². The number of nitrogens with zero attached hydrogens (tertiary/aromatic N) is 5. The first-order valence-corrected chi connectivity index (χ1v) is 16.4. The zero-order chi connectivity index (χ0) is 31.0. The fraction of sp³-hybridized carbons (Fsp3) is 0.500. The second kappa shape index (κ2) is 10.8. The first-order valence-electron chi connectivity index (χ1n) is 16.0. The Morgan fingerprint density at radius 1 is 1.18 bits per heavy atom. The van der Waals surface area contributed by atoms with E-state index in [1.165, 1.54) is 18.2 Å². The van der Waals surface area contributed by atoms with E-state index in [9.17, 15) is 14.3 Å². The lowest BCUT2D eigenvalue weighted by molar-refractivity contribution is -0.129. The molecule has 4 atom stereocenters. The highest BCUT2D eigenvalue weighted by atomic mass is 35.5. The number of hydrogen-bond donors (Lipinski definition) is 1. The number of benzene rings is 1. The van der Waals surface area contributed by atoms with Crippen molar-refractivity contribution in [1.29, 1.82) is 0 Å². The number of fused-ring (bicyclic) bond motifs is 4. The minimum absolute atomic E-state index is 0.0142. The molecule has 4 saturated heterocycles. The molecule has 4 aliphatic heterocycles. The van der Waals surface area contributed by atoms with Crippen molar-refractivity contribution in [2.75, 3.05) is 37.7 Å². The Bertz CT molecular complexity index is 1710. The lowest BCUT2D eigenvalue weighted by Crippen LogP contribution is -2.55. The number of pyridine rings is 2. The van der Waals surface area contributed by atoms with Crippen LogP contribution in [0, 0.1) is 5.82 Å². The quantitative estimate of drug-likeness (QED) is 0.319. The van der Waals surface area contributed by atoms with Gasteiger partial charge in [0.25, 0.3) is 0 Å². The van der Waals surface area contributed by atoms with Crippen LogP contribution < -0.4 is 9.64 Å². The lowest BCUT2D eigenvalue weighted by Gasteiger charge is -2.42. The molecule has 45 heavy (non-hydrogen) atoms. The summed E-state index contributed by atoms with van der Waals surface area (Å²) in [5.74, 6) is -0.283. The number of carbonyl (C=O) groups excluding carboxylic acids is 1. The average molecular weight is 636 g/mol. The van der Waals surface area contributed by atoms with E-state index in [4.69, 9.17) is 21.3 Å². The topological polar surface area (TPSA) is 82.0 Å². The maximum Gasteiger partial charge on any atom is 0.246 e. The summed E-state index contributed by atoms with van der Waals surface area (Å²) in [7, 11) is 0. The van der Waals surface area contributed by atoms with Gasteiger partial charge in [-0.1, -0.05) is 18.2 Å². The van der Waals surface area contributed by atoms with Crippen molar-refractivity contribution in [3.05, 3.63) is 53.5 Å². The van der Waals surface area contributed by atoms with Crippen LogP contribution in [0.3, 0.4) is 0 Å². The number of phenolic OH excluding ortho intramolecular Hbond substituents is 1. The lowest BCUT2D eigenvalue weighted by atomic mass is 9.95. The predicted octanol–water partition coefficient (Wildman–Crippen LogP) is 5.99. The van der Waals surface area contributed by atoms with E-state index >= 15 is 4.39 Å². The van der Waals surface area contributed by atoms with Gasteiger partial charge in [0.15, 0.2) is 5.82 Å². The Kier molecular flexibility index (Phi) is 6.94. The normalized spacial score (nSPS) is 27.8. The van der Waals surface area contributed by atoms with Crippen molar-refractivity contribution in [2.45, 2.75) is 74.7 Å². The summed E-state index contributed by atoms with van der Waals surface area (Å²) in [5.41, 5.74) is 1.80. The Morgan fingerprint density at radius 2 is 1.96 bits per heavy atom. The highest BCUT2D eigenvalue weighted by molar-refractivity contribution is 6.32.